The highest BCUT2D eigenvalue weighted by Crippen LogP contribution is 2.26. The number of phenols is 1. The molecule has 4 heteroatoms. The Bertz CT molecular complexity index is 906. The summed E-state index contributed by atoms with van der Waals surface area (Å²) >= 11 is 0. The van der Waals surface area contributed by atoms with Gasteiger partial charge in [-0.25, -0.2) is 0 Å². The van der Waals surface area contributed by atoms with Crippen molar-refractivity contribution in [3.63, 3.8) is 0 Å². The normalized spacial score (nSPS) is 13.0. The molecule has 0 unspecified atom stereocenters. The van der Waals surface area contributed by atoms with E-state index >= 15 is 0 Å². The lowest BCUT2D eigenvalue weighted by molar-refractivity contribution is 0.133. The van der Waals surface area contributed by atoms with Gasteiger partial charge in [0.15, 0.2) is 0 Å². The number of aliphatic hydroxyl groups is 1. The van der Waals surface area contributed by atoms with E-state index in [0.717, 1.165) is 24.2 Å². The van der Waals surface area contributed by atoms with Gasteiger partial charge in [0.05, 0.1) is 6.10 Å². The Kier molecular flexibility index (Phi) is 7.89. The first-order valence-electron chi connectivity index (χ1n) is 10.6. The molecule has 0 saturated heterocycles. The molecular weight excluding hydrogens is 374 g/mol. The Morgan fingerprint density at radius 2 is 1.63 bits per heavy atom. The summed E-state index contributed by atoms with van der Waals surface area (Å²) in [6, 6.07) is 23.3. The predicted octanol–water partition coefficient (Wildman–Crippen LogP) is 5.10. The number of phenolic OH excluding ortho intramolecular Hbond substituents is 1. The number of ether oxygens (including phenoxy) is 1. The van der Waals surface area contributed by atoms with Crippen molar-refractivity contribution in [2.75, 3.05) is 13.2 Å². The molecule has 158 valence electrons. The van der Waals surface area contributed by atoms with E-state index in [0.29, 0.717) is 13.2 Å². The molecule has 0 radical (unpaired) electrons. The zero-order valence-electron chi connectivity index (χ0n) is 17.7. The maximum Gasteiger partial charge on any atom is 0.119 e. The fourth-order valence-electron chi connectivity index (χ4n) is 3.55. The summed E-state index contributed by atoms with van der Waals surface area (Å²) in [5, 5.41) is 23.1. The molecule has 3 rings (SSSR count). The average molecular weight is 406 g/mol. The molecule has 0 saturated carbocycles. The van der Waals surface area contributed by atoms with Crippen LogP contribution in [0.5, 0.6) is 11.5 Å². The van der Waals surface area contributed by atoms with Crippen LogP contribution in [-0.4, -0.2) is 29.4 Å². The summed E-state index contributed by atoms with van der Waals surface area (Å²) in [5.41, 5.74) is 4.63. The first kappa shape index (κ1) is 21.9. The van der Waals surface area contributed by atoms with Gasteiger partial charge in [0.1, 0.15) is 18.1 Å². The molecule has 0 aliphatic heterocycles. The van der Waals surface area contributed by atoms with E-state index in [4.69, 9.17) is 4.74 Å². The van der Waals surface area contributed by atoms with Crippen molar-refractivity contribution in [3.05, 3.63) is 83.9 Å². The van der Waals surface area contributed by atoms with Crippen molar-refractivity contribution in [2.45, 2.75) is 38.8 Å². The second-order valence-electron chi connectivity index (χ2n) is 7.56. The zero-order valence-corrected chi connectivity index (χ0v) is 17.7. The third-order valence-electron chi connectivity index (χ3n) is 5.25. The SMILES string of the molecule is CCCc1ccccc1-c1ccc(OCCN[C@H](C)[C@@H](O)c2ccc(O)cc2)cc1. The molecule has 0 amide bonds. The molecule has 3 aromatic rings. The van der Waals surface area contributed by atoms with Gasteiger partial charge < -0.3 is 20.3 Å². The highest BCUT2D eigenvalue weighted by molar-refractivity contribution is 5.68. The Hall–Kier alpha value is -2.82. The molecule has 0 fully saturated rings. The molecule has 0 spiro atoms. The number of hydrogen-bond acceptors (Lipinski definition) is 4. The summed E-state index contributed by atoms with van der Waals surface area (Å²) < 4.78 is 5.85. The van der Waals surface area contributed by atoms with Gasteiger partial charge in [0, 0.05) is 12.6 Å². The first-order chi connectivity index (χ1) is 14.6. The van der Waals surface area contributed by atoms with Gasteiger partial charge in [-0.05, 0) is 59.9 Å². The van der Waals surface area contributed by atoms with Crippen LogP contribution in [0.1, 0.15) is 37.5 Å². The molecule has 0 heterocycles. The van der Waals surface area contributed by atoms with Gasteiger partial charge >= 0.3 is 0 Å². The largest absolute Gasteiger partial charge is 0.508 e. The van der Waals surface area contributed by atoms with Crippen molar-refractivity contribution < 1.29 is 14.9 Å². The van der Waals surface area contributed by atoms with Gasteiger partial charge in [-0.2, -0.15) is 0 Å². The number of aryl methyl sites for hydroxylation is 1. The predicted molar refractivity (Wildman–Crippen MR) is 122 cm³/mol. The van der Waals surface area contributed by atoms with Crippen LogP contribution in [0, 0.1) is 0 Å². The second kappa shape index (κ2) is 10.8. The van der Waals surface area contributed by atoms with E-state index in [9.17, 15) is 10.2 Å². The van der Waals surface area contributed by atoms with Crippen LogP contribution in [0.15, 0.2) is 72.8 Å². The van der Waals surface area contributed by atoms with Crippen molar-refractivity contribution in [2.24, 2.45) is 0 Å². The van der Waals surface area contributed by atoms with Gasteiger partial charge in [-0.1, -0.05) is 61.9 Å². The number of aromatic hydroxyl groups is 1. The molecule has 0 aromatic heterocycles. The maximum atomic E-state index is 10.4. The number of rotatable bonds is 10. The molecular formula is C26H31NO3. The van der Waals surface area contributed by atoms with Crippen LogP contribution in [-0.2, 0) is 6.42 Å². The monoisotopic (exact) mass is 405 g/mol. The lowest BCUT2D eigenvalue weighted by Crippen LogP contribution is -2.35. The molecule has 0 bridgehead atoms. The lowest BCUT2D eigenvalue weighted by atomic mass is 9.97. The first-order valence-corrected chi connectivity index (χ1v) is 10.6. The molecule has 30 heavy (non-hydrogen) atoms. The van der Waals surface area contributed by atoms with Crippen LogP contribution < -0.4 is 10.1 Å². The van der Waals surface area contributed by atoms with E-state index in [1.54, 1.807) is 24.3 Å². The summed E-state index contributed by atoms with van der Waals surface area (Å²) in [5.74, 6) is 1.03. The fourth-order valence-corrected chi connectivity index (χ4v) is 3.55. The van der Waals surface area contributed by atoms with Gasteiger partial charge in [-0.3, -0.25) is 0 Å². The van der Waals surface area contributed by atoms with E-state index in [-0.39, 0.29) is 11.8 Å². The number of hydrogen-bond donors (Lipinski definition) is 3. The van der Waals surface area contributed by atoms with E-state index in [1.165, 1.54) is 16.7 Å². The Balaban J connectivity index is 1.48. The van der Waals surface area contributed by atoms with E-state index < -0.39 is 6.10 Å². The number of aliphatic hydroxyl groups excluding tert-OH is 1. The second-order valence-corrected chi connectivity index (χ2v) is 7.56. The fraction of sp³-hybridized carbons (Fsp3) is 0.308. The number of nitrogens with one attached hydrogen (secondary N) is 1. The van der Waals surface area contributed by atoms with Crippen LogP contribution in [0.4, 0.5) is 0 Å². The van der Waals surface area contributed by atoms with Crippen molar-refractivity contribution in [3.8, 4) is 22.6 Å². The number of benzene rings is 3. The third kappa shape index (κ3) is 5.85. The smallest absolute Gasteiger partial charge is 0.119 e. The molecule has 0 aliphatic rings. The molecule has 4 nitrogen and oxygen atoms in total. The summed E-state index contributed by atoms with van der Waals surface area (Å²) in [6.45, 7) is 5.27. The van der Waals surface area contributed by atoms with Gasteiger partial charge in [0.2, 0.25) is 0 Å². The van der Waals surface area contributed by atoms with Crippen LogP contribution in [0.2, 0.25) is 0 Å². The van der Waals surface area contributed by atoms with Crippen LogP contribution in [0.25, 0.3) is 11.1 Å². The Morgan fingerprint density at radius 3 is 2.33 bits per heavy atom. The minimum absolute atomic E-state index is 0.129. The van der Waals surface area contributed by atoms with Gasteiger partial charge in [-0.15, -0.1) is 0 Å². The Labute approximate surface area is 179 Å². The summed E-state index contributed by atoms with van der Waals surface area (Å²) in [6.07, 6.45) is 1.56. The third-order valence-corrected chi connectivity index (χ3v) is 5.25. The quantitative estimate of drug-likeness (QED) is 0.411. The molecule has 2 atom stereocenters. The standard InChI is InChI=1S/C26H31NO3/c1-3-6-20-7-4-5-8-25(20)21-11-15-24(16-12-21)30-18-17-27-19(2)26(29)22-9-13-23(28)14-10-22/h4-5,7-16,19,26-29H,3,6,17-18H2,1-2H3/t19-,26-/m1/s1. The molecule has 0 aliphatic carbocycles. The lowest BCUT2D eigenvalue weighted by Gasteiger charge is -2.21. The highest BCUT2D eigenvalue weighted by atomic mass is 16.5. The van der Waals surface area contributed by atoms with Crippen LogP contribution >= 0.6 is 0 Å². The zero-order chi connectivity index (χ0) is 21.3. The summed E-state index contributed by atoms with van der Waals surface area (Å²) in [7, 11) is 0. The highest BCUT2D eigenvalue weighted by Gasteiger charge is 2.15. The minimum atomic E-state index is -0.645. The molecule has 3 aromatic carbocycles. The van der Waals surface area contributed by atoms with Crippen molar-refractivity contribution in [1.29, 1.82) is 0 Å². The van der Waals surface area contributed by atoms with Crippen molar-refractivity contribution >= 4 is 0 Å². The Morgan fingerprint density at radius 1 is 0.933 bits per heavy atom. The van der Waals surface area contributed by atoms with Crippen molar-refractivity contribution in [1.82, 2.24) is 5.32 Å². The van der Waals surface area contributed by atoms with Gasteiger partial charge in [0.25, 0.3) is 0 Å². The van der Waals surface area contributed by atoms with Crippen LogP contribution in [0.3, 0.4) is 0 Å². The average Bonchev–Trinajstić information content (AvgIpc) is 2.78. The molecule has 3 N–H and O–H groups in total. The maximum absolute atomic E-state index is 10.4. The summed E-state index contributed by atoms with van der Waals surface area (Å²) in [4.78, 5) is 0. The van der Waals surface area contributed by atoms with E-state index in [2.05, 4.69) is 48.6 Å². The minimum Gasteiger partial charge on any atom is -0.508 e. The van der Waals surface area contributed by atoms with E-state index in [1.807, 2.05) is 19.1 Å². The topological polar surface area (TPSA) is 61.7 Å².